The van der Waals surface area contributed by atoms with Gasteiger partial charge in [-0.3, -0.25) is 0 Å². The number of aryl methyl sites for hydroxylation is 1. The van der Waals surface area contributed by atoms with Crippen LogP contribution in [0.25, 0.3) is 11.4 Å². The van der Waals surface area contributed by atoms with Gasteiger partial charge in [0.1, 0.15) is 11.9 Å². The molecule has 6 heteroatoms. The predicted octanol–water partition coefficient (Wildman–Crippen LogP) is 1.85. The molecule has 0 spiro atoms. The largest absolute Gasteiger partial charge is 0.366 e. The van der Waals surface area contributed by atoms with Gasteiger partial charge in [0.25, 0.3) is 5.89 Å². The van der Waals surface area contributed by atoms with Crippen molar-refractivity contribution >= 4 is 0 Å². The third kappa shape index (κ3) is 2.50. The molecule has 1 atom stereocenters. The second-order valence-electron chi connectivity index (χ2n) is 4.48. The maximum Gasteiger partial charge on any atom is 0.257 e. The molecule has 1 fully saturated rings. The minimum absolute atomic E-state index is 0.231. The van der Waals surface area contributed by atoms with Crippen molar-refractivity contribution in [1.29, 1.82) is 0 Å². The van der Waals surface area contributed by atoms with Gasteiger partial charge < -0.3 is 14.6 Å². The molecule has 0 bridgehead atoms. The van der Waals surface area contributed by atoms with E-state index in [-0.39, 0.29) is 11.9 Å². The third-order valence-electron chi connectivity index (χ3n) is 3.07. The summed E-state index contributed by atoms with van der Waals surface area (Å²) in [6.07, 6.45) is -0.231. The van der Waals surface area contributed by atoms with Gasteiger partial charge in [0, 0.05) is 18.7 Å². The molecule has 3 rings (SSSR count). The standard InChI is InChI=1S/C13H14FN3O2/c1-8-2-3-9(6-10(8)14)12-16-13(19-17-12)11-7-15-4-5-18-11/h2-3,6,11,15H,4-5,7H2,1H3/t11-/m1/s1. The molecule has 1 aliphatic rings. The summed E-state index contributed by atoms with van der Waals surface area (Å²) in [6, 6.07) is 4.87. The lowest BCUT2D eigenvalue weighted by Gasteiger charge is -2.19. The van der Waals surface area contributed by atoms with Crippen LogP contribution in [0.5, 0.6) is 0 Å². The van der Waals surface area contributed by atoms with E-state index in [0.29, 0.717) is 36.0 Å². The fraction of sp³-hybridized carbons (Fsp3) is 0.385. The van der Waals surface area contributed by atoms with E-state index in [4.69, 9.17) is 9.26 Å². The molecule has 1 N–H and O–H groups in total. The summed E-state index contributed by atoms with van der Waals surface area (Å²) in [5, 5.41) is 7.06. The van der Waals surface area contributed by atoms with E-state index < -0.39 is 0 Å². The van der Waals surface area contributed by atoms with Crippen LogP contribution < -0.4 is 5.32 Å². The third-order valence-corrected chi connectivity index (χ3v) is 3.07. The summed E-state index contributed by atoms with van der Waals surface area (Å²) in [4.78, 5) is 4.27. The Morgan fingerprint density at radius 2 is 2.32 bits per heavy atom. The minimum atomic E-state index is -0.278. The number of hydrogen-bond acceptors (Lipinski definition) is 5. The van der Waals surface area contributed by atoms with Gasteiger partial charge in [-0.15, -0.1) is 0 Å². The number of nitrogens with zero attached hydrogens (tertiary/aromatic N) is 2. The fourth-order valence-electron chi connectivity index (χ4n) is 1.94. The molecule has 0 saturated carbocycles. The van der Waals surface area contributed by atoms with Crippen LogP contribution in [0, 0.1) is 12.7 Å². The van der Waals surface area contributed by atoms with Crippen molar-refractivity contribution in [3.63, 3.8) is 0 Å². The number of aromatic nitrogens is 2. The van der Waals surface area contributed by atoms with Crippen molar-refractivity contribution in [2.24, 2.45) is 0 Å². The summed E-state index contributed by atoms with van der Waals surface area (Å²) in [7, 11) is 0. The zero-order valence-corrected chi connectivity index (χ0v) is 10.5. The molecule has 5 nitrogen and oxygen atoms in total. The Hall–Kier alpha value is -1.79. The predicted molar refractivity (Wildman–Crippen MR) is 66.0 cm³/mol. The number of benzene rings is 1. The van der Waals surface area contributed by atoms with Crippen LogP contribution in [0.3, 0.4) is 0 Å². The zero-order chi connectivity index (χ0) is 13.2. The molecule has 1 aromatic carbocycles. The molecule has 0 radical (unpaired) electrons. The van der Waals surface area contributed by atoms with Crippen LogP contribution in [0.4, 0.5) is 4.39 Å². The molecule has 0 aliphatic carbocycles. The smallest absolute Gasteiger partial charge is 0.257 e. The van der Waals surface area contributed by atoms with Crippen molar-refractivity contribution < 1.29 is 13.7 Å². The van der Waals surface area contributed by atoms with E-state index >= 15 is 0 Å². The highest BCUT2D eigenvalue weighted by atomic mass is 19.1. The second-order valence-corrected chi connectivity index (χ2v) is 4.48. The Bertz CT molecular complexity index is 579. The molecule has 1 saturated heterocycles. The maximum atomic E-state index is 13.5. The number of halogens is 1. The summed E-state index contributed by atoms with van der Waals surface area (Å²) < 4.78 is 24.2. The van der Waals surface area contributed by atoms with Gasteiger partial charge in [-0.1, -0.05) is 17.3 Å². The highest BCUT2D eigenvalue weighted by Gasteiger charge is 2.22. The maximum absolute atomic E-state index is 13.5. The van der Waals surface area contributed by atoms with E-state index in [9.17, 15) is 4.39 Å². The minimum Gasteiger partial charge on any atom is -0.366 e. The van der Waals surface area contributed by atoms with Crippen LogP contribution in [-0.4, -0.2) is 29.8 Å². The van der Waals surface area contributed by atoms with E-state index in [1.165, 1.54) is 6.07 Å². The molecule has 2 heterocycles. The molecular weight excluding hydrogens is 249 g/mol. The van der Waals surface area contributed by atoms with Crippen LogP contribution in [0.2, 0.25) is 0 Å². The van der Waals surface area contributed by atoms with E-state index in [2.05, 4.69) is 15.5 Å². The van der Waals surface area contributed by atoms with Crippen LogP contribution in [-0.2, 0) is 4.74 Å². The van der Waals surface area contributed by atoms with Crippen molar-refractivity contribution in [2.45, 2.75) is 13.0 Å². The number of morpholine rings is 1. The van der Waals surface area contributed by atoms with Crippen molar-refractivity contribution in [2.75, 3.05) is 19.7 Å². The van der Waals surface area contributed by atoms with E-state index in [1.54, 1.807) is 19.1 Å². The lowest BCUT2D eigenvalue weighted by atomic mass is 10.1. The molecule has 0 unspecified atom stereocenters. The lowest BCUT2D eigenvalue weighted by molar-refractivity contribution is 0.00755. The average Bonchev–Trinajstić information content (AvgIpc) is 2.93. The Kier molecular flexibility index (Phi) is 3.27. The molecule has 2 aromatic rings. The Balaban J connectivity index is 1.85. The summed E-state index contributed by atoms with van der Waals surface area (Å²) >= 11 is 0. The first-order valence-corrected chi connectivity index (χ1v) is 6.16. The molecule has 1 aromatic heterocycles. The summed E-state index contributed by atoms with van der Waals surface area (Å²) in [5.74, 6) is 0.519. The van der Waals surface area contributed by atoms with Crippen molar-refractivity contribution in [1.82, 2.24) is 15.5 Å². The SMILES string of the molecule is Cc1ccc(-c2noc([C@H]3CNCCO3)n2)cc1F. The number of nitrogens with one attached hydrogen (secondary N) is 1. The first-order valence-electron chi connectivity index (χ1n) is 6.16. The summed E-state index contributed by atoms with van der Waals surface area (Å²) in [5.41, 5.74) is 1.19. The fourth-order valence-corrected chi connectivity index (χ4v) is 1.94. The Labute approximate surface area is 109 Å². The van der Waals surface area contributed by atoms with Gasteiger partial charge >= 0.3 is 0 Å². The van der Waals surface area contributed by atoms with Crippen LogP contribution >= 0.6 is 0 Å². The zero-order valence-electron chi connectivity index (χ0n) is 10.5. The van der Waals surface area contributed by atoms with Gasteiger partial charge in [0.2, 0.25) is 5.82 Å². The molecule has 19 heavy (non-hydrogen) atoms. The number of ether oxygens (including phenoxy) is 1. The van der Waals surface area contributed by atoms with Gasteiger partial charge in [-0.05, 0) is 18.6 Å². The average molecular weight is 263 g/mol. The molecule has 100 valence electrons. The highest BCUT2D eigenvalue weighted by Crippen LogP contribution is 2.22. The lowest BCUT2D eigenvalue weighted by Crippen LogP contribution is -2.33. The number of rotatable bonds is 2. The van der Waals surface area contributed by atoms with E-state index in [1.807, 2.05) is 0 Å². The molecule has 0 amide bonds. The Morgan fingerprint density at radius 3 is 3.05 bits per heavy atom. The second kappa shape index (κ2) is 5.07. The van der Waals surface area contributed by atoms with Gasteiger partial charge in [-0.25, -0.2) is 4.39 Å². The monoisotopic (exact) mass is 263 g/mol. The Morgan fingerprint density at radius 1 is 1.42 bits per heavy atom. The first kappa shape index (κ1) is 12.3. The van der Waals surface area contributed by atoms with Gasteiger partial charge in [0.15, 0.2) is 0 Å². The summed E-state index contributed by atoms with van der Waals surface area (Å²) in [6.45, 7) is 3.79. The van der Waals surface area contributed by atoms with Gasteiger partial charge in [0.05, 0.1) is 6.61 Å². The quantitative estimate of drug-likeness (QED) is 0.896. The first-order chi connectivity index (χ1) is 9.24. The normalized spacial score (nSPS) is 19.6. The number of hydrogen-bond donors (Lipinski definition) is 1. The van der Waals surface area contributed by atoms with Crippen LogP contribution in [0.15, 0.2) is 22.7 Å². The van der Waals surface area contributed by atoms with Gasteiger partial charge in [-0.2, -0.15) is 4.98 Å². The molecular formula is C13H14FN3O2. The topological polar surface area (TPSA) is 60.2 Å². The van der Waals surface area contributed by atoms with Crippen molar-refractivity contribution in [3.05, 3.63) is 35.5 Å². The van der Waals surface area contributed by atoms with Crippen molar-refractivity contribution in [3.8, 4) is 11.4 Å². The van der Waals surface area contributed by atoms with E-state index in [0.717, 1.165) is 6.54 Å². The highest BCUT2D eigenvalue weighted by molar-refractivity contribution is 5.54. The van der Waals surface area contributed by atoms with Crippen LogP contribution in [0.1, 0.15) is 17.6 Å². The molecule has 1 aliphatic heterocycles.